The second-order valence-electron chi connectivity index (χ2n) is 6.32. The molecule has 0 spiro atoms. The number of rotatable bonds is 7. The predicted molar refractivity (Wildman–Crippen MR) is 97.7 cm³/mol. The monoisotopic (exact) mass is 326 g/mol. The van der Waals surface area contributed by atoms with Gasteiger partial charge < -0.3 is 10.6 Å². The number of para-hydroxylation sites is 1. The molecule has 2 rings (SSSR count). The van der Waals surface area contributed by atoms with Gasteiger partial charge in [0.1, 0.15) is 0 Å². The lowest BCUT2D eigenvalue weighted by molar-refractivity contribution is 0.0951. The summed E-state index contributed by atoms with van der Waals surface area (Å²) in [6, 6.07) is 6.19. The molecular formula is C19H26N4O. The molecule has 0 atom stereocenters. The van der Waals surface area contributed by atoms with Crippen LogP contribution >= 0.6 is 0 Å². The number of nitrogens with one attached hydrogen (secondary N) is 2. The van der Waals surface area contributed by atoms with Crippen LogP contribution in [0.25, 0.3) is 0 Å². The average molecular weight is 326 g/mol. The van der Waals surface area contributed by atoms with E-state index in [0.29, 0.717) is 24.0 Å². The van der Waals surface area contributed by atoms with Gasteiger partial charge in [0.25, 0.3) is 5.91 Å². The molecule has 0 radical (unpaired) electrons. The standard InChI is InChI=1S/C19H26N4O/c1-5-15-8-6-7-14(4)17(15)23-19-21-11-16(12-22-19)18(24)20-10-9-13(2)3/h6-8,11-13H,5,9-10H2,1-4H3,(H,20,24)(H,21,22,23). The van der Waals surface area contributed by atoms with Crippen LogP contribution in [0.3, 0.4) is 0 Å². The van der Waals surface area contributed by atoms with Crippen LogP contribution in [0.1, 0.15) is 48.7 Å². The summed E-state index contributed by atoms with van der Waals surface area (Å²) in [5.74, 6) is 0.931. The summed E-state index contributed by atoms with van der Waals surface area (Å²) in [4.78, 5) is 20.6. The topological polar surface area (TPSA) is 66.9 Å². The molecule has 2 N–H and O–H groups in total. The molecule has 0 fully saturated rings. The Hall–Kier alpha value is -2.43. The summed E-state index contributed by atoms with van der Waals surface area (Å²) in [5, 5.41) is 6.15. The van der Waals surface area contributed by atoms with Crippen molar-refractivity contribution in [2.45, 2.75) is 40.5 Å². The average Bonchev–Trinajstić information content (AvgIpc) is 2.57. The zero-order valence-corrected chi connectivity index (χ0v) is 14.9. The minimum atomic E-state index is -0.132. The lowest BCUT2D eigenvalue weighted by atomic mass is 10.1. The number of carbonyl (C=O) groups excluding carboxylic acids is 1. The fourth-order valence-electron chi connectivity index (χ4n) is 2.40. The Morgan fingerprint density at radius 1 is 1.21 bits per heavy atom. The molecule has 0 unspecified atom stereocenters. The lowest BCUT2D eigenvalue weighted by Crippen LogP contribution is -2.25. The maximum atomic E-state index is 12.0. The Kier molecular flexibility index (Phi) is 6.29. The van der Waals surface area contributed by atoms with Gasteiger partial charge in [-0.25, -0.2) is 9.97 Å². The summed E-state index contributed by atoms with van der Waals surface area (Å²) in [7, 11) is 0. The van der Waals surface area contributed by atoms with E-state index < -0.39 is 0 Å². The molecule has 1 amide bonds. The third-order valence-electron chi connectivity index (χ3n) is 3.90. The molecule has 5 nitrogen and oxygen atoms in total. The first-order chi connectivity index (χ1) is 11.5. The van der Waals surface area contributed by atoms with Crippen LogP contribution in [0, 0.1) is 12.8 Å². The van der Waals surface area contributed by atoms with Gasteiger partial charge in [0, 0.05) is 24.6 Å². The molecule has 2 aromatic rings. The minimum absolute atomic E-state index is 0.132. The largest absolute Gasteiger partial charge is 0.352 e. The van der Waals surface area contributed by atoms with Gasteiger partial charge in [-0.3, -0.25) is 4.79 Å². The molecule has 1 heterocycles. The van der Waals surface area contributed by atoms with Crippen molar-refractivity contribution in [3.05, 3.63) is 47.3 Å². The van der Waals surface area contributed by atoms with E-state index in [9.17, 15) is 4.79 Å². The molecule has 0 bridgehead atoms. The molecule has 1 aromatic carbocycles. The van der Waals surface area contributed by atoms with Crippen molar-refractivity contribution < 1.29 is 4.79 Å². The fraction of sp³-hybridized carbons (Fsp3) is 0.421. The van der Waals surface area contributed by atoms with Crippen molar-refractivity contribution in [3.63, 3.8) is 0 Å². The Labute approximate surface area is 143 Å². The van der Waals surface area contributed by atoms with E-state index in [2.05, 4.69) is 60.4 Å². The number of hydrogen-bond acceptors (Lipinski definition) is 4. The van der Waals surface area contributed by atoms with Crippen LogP contribution in [0.5, 0.6) is 0 Å². The van der Waals surface area contributed by atoms with Crippen molar-refractivity contribution in [2.75, 3.05) is 11.9 Å². The molecular weight excluding hydrogens is 300 g/mol. The Morgan fingerprint density at radius 2 is 1.92 bits per heavy atom. The Balaban J connectivity index is 2.04. The zero-order chi connectivity index (χ0) is 17.5. The van der Waals surface area contributed by atoms with E-state index in [0.717, 1.165) is 24.1 Å². The van der Waals surface area contributed by atoms with Gasteiger partial charge in [0.2, 0.25) is 5.95 Å². The number of anilines is 2. The van der Waals surface area contributed by atoms with E-state index in [-0.39, 0.29) is 5.91 Å². The van der Waals surface area contributed by atoms with Gasteiger partial charge >= 0.3 is 0 Å². The third kappa shape index (κ3) is 4.78. The molecule has 0 saturated carbocycles. The van der Waals surface area contributed by atoms with Gasteiger partial charge in [-0.1, -0.05) is 39.0 Å². The van der Waals surface area contributed by atoms with Crippen LogP contribution in [0.4, 0.5) is 11.6 Å². The van der Waals surface area contributed by atoms with Gasteiger partial charge in [-0.15, -0.1) is 0 Å². The number of aromatic nitrogens is 2. The second kappa shape index (κ2) is 8.43. The number of carbonyl (C=O) groups is 1. The number of amides is 1. The Morgan fingerprint density at radius 3 is 2.54 bits per heavy atom. The van der Waals surface area contributed by atoms with E-state index in [1.165, 1.54) is 5.56 Å². The van der Waals surface area contributed by atoms with Gasteiger partial charge in [-0.05, 0) is 36.8 Å². The van der Waals surface area contributed by atoms with Gasteiger partial charge in [0.15, 0.2) is 0 Å². The Bertz CT molecular complexity index is 680. The molecule has 0 aliphatic carbocycles. The zero-order valence-electron chi connectivity index (χ0n) is 14.9. The fourth-order valence-corrected chi connectivity index (χ4v) is 2.40. The highest BCUT2D eigenvalue weighted by molar-refractivity contribution is 5.93. The van der Waals surface area contributed by atoms with Crippen molar-refractivity contribution in [1.29, 1.82) is 0 Å². The molecule has 0 saturated heterocycles. The molecule has 1 aromatic heterocycles. The highest BCUT2D eigenvalue weighted by Crippen LogP contribution is 2.23. The van der Waals surface area contributed by atoms with E-state index >= 15 is 0 Å². The number of benzene rings is 1. The maximum Gasteiger partial charge on any atom is 0.254 e. The van der Waals surface area contributed by atoms with Crippen LogP contribution in [-0.2, 0) is 6.42 Å². The first-order valence-electron chi connectivity index (χ1n) is 8.47. The smallest absolute Gasteiger partial charge is 0.254 e. The third-order valence-corrected chi connectivity index (χ3v) is 3.90. The summed E-state index contributed by atoms with van der Waals surface area (Å²) in [6.45, 7) is 9.10. The van der Waals surface area contributed by atoms with Gasteiger partial charge in [-0.2, -0.15) is 0 Å². The van der Waals surface area contributed by atoms with E-state index in [4.69, 9.17) is 0 Å². The molecule has 128 valence electrons. The highest BCUT2D eigenvalue weighted by atomic mass is 16.1. The minimum Gasteiger partial charge on any atom is -0.352 e. The second-order valence-corrected chi connectivity index (χ2v) is 6.32. The quantitative estimate of drug-likeness (QED) is 0.810. The van der Waals surface area contributed by atoms with Crippen molar-refractivity contribution >= 4 is 17.5 Å². The summed E-state index contributed by atoms with van der Waals surface area (Å²) in [5.41, 5.74) is 3.88. The van der Waals surface area contributed by atoms with E-state index in [1.54, 1.807) is 12.4 Å². The molecule has 0 aliphatic heterocycles. The number of nitrogens with zero attached hydrogens (tertiary/aromatic N) is 2. The van der Waals surface area contributed by atoms with E-state index in [1.807, 2.05) is 6.07 Å². The SMILES string of the molecule is CCc1cccc(C)c1Nc1ncc(C(=O)NCCC(C)C)cn1. The van der Waals surface area contributed by atoms with Gasteiger partial charge in [0.05, 0.1) is 5.56 Å². The summed E-state index contributed by atoms with van der Waals surface area (Å²) < 4.78 is 0. The van der Waals surface area contributed by atoms with Crippen LogP contribution in [0.2, 0.25) is 0 Å². The predicted octanol–water partition coefficient (Wildman–Crippen LogP) is 3.87. The summed E-state index contributed by atoms with van der Waals surface area (Å²) in [6.07, 6.45) is 5.01. The van der Waals surface area contributed by atoms with Crippen molar-refractivity contribution in [3.8, 4) is 0 Å². The summed E-state index contributed by atoms with van der Waals surface area (Å²) >= 11 is 0. The normalized spacial score (nSPS) is 10.7. The van der Waals surface area contributed by atoms with Crippen molar-refractivity contribution in [2.24, 2.45) is 5.92 Å². The van der Waals surface area contributed by atoms with Crippen molar-refractivity contribution in [1.82, 2.24) is 15.3 Å². The molecule has 24 heavy (non-hydrogen) atoms. The maximum absolute atomic E-state index is 12.0. The number of aryl methyl sites for hydroxylation is 2. The van der Waals surface area contributed by atoms with Crippen LogP contribution in [-0.4, -0.2) is 22.4 Å². The molecule has 0 aliphatic rings. The van der Waals surface area contributed by atoms with Crippen LogP contribution < -0.4 is 10.6 Å². The highest BCUT2D eigenvalue weighted by Gasteiger charge is 2.09. The number of hydrogen-bond donors (Lipinski definition) is 2. The molecule has 5 heteroatoms. The van der Waals surface area contributed by atoms with Crippen LogP contribution in [0.15, 0.2) is 30.6 Å². The first kappa shape index (κ1) is 17.9. The first-order valence-corrected chi connectivity index (χ1v) is 8.47. The lowest BCUT2D eigenvalue weighted by Gasteiger charge is -2.13.